The van der Waals surface area contributed by atoms with Crippen LogP contribution in [0.5, 0.6) is 0 Å². The second-order valence-electron chi connectivity index (χ2n) is 4.29. The number of likely N-dealkylation sites (tertiary alicyclic amines) is 1. The second kappa shape index (κ2) is 5.60. The molecule has 0 radical (unpaired) electrons. The van der Waals surface area contributed by atoms with Gasteiger partial charge in [0.25, 0.3) is 0 Å². The summed E-state index contributed by atoms with van der Waals surface area (Å²) in [5, 5.41) is 9.16. The lowest BCUT2D eigenvalue weighted by molar-refractivity contribution is -0.144. The first-order valence-electron chi connectivity index (χ1n) is 5.74. The lowest BCUT2D eigenvalue weighted by Crippen LogP contribution is -2.44. The van der Waals surface area contributed by atoms with E-state index in [9.17, 15) is 4.79 Å². The van der Waals surface area contributed by atoms with Gasteiger partial charge in [0.2, 0.25) is 0 Å². The Kier molecular flexibility index (Phi) is 4.12. The number of nitrogens with zero attached hydrogens (tertiary/aromatic N) is 2. The fourth-order valence-corrected chi connectivity index (χ4v) is 2.40. The standard InChI is InChI=1S/C12H15BrN2O2/c13-9-4-5-10(14-7-9)8-15-6-2-1-3-11(15)12(16)17/h4-5,7,11H,1-3,6,8H2,(H,16,17)/t11-/m1/s1. The molecule has 4 nitrogen and oxygen atoms in total. The molecular weight excluding hydrogens is 284 g/mol. The molecule has 1 saturated heterocycles. The maximum atomic E-state index is 11.1. The molecule has 0 spiro atoms. The van der Waals surface area contributed by atoms with Gasteiger partial charge >= 0.3 is 5.97 Å². The van der Waals surface area contributed by atoms with Gasteiger partial charge < -0.3 is 5.11 Å². The van der Waals surface area contributed by atoms with Crippen molar-refractivity contribution in [2.75, 3.05) is 6.54 Å². The van der Waals surface area contributed by atoms with E-state index in [-0.39, 0.29) is 6.04 Å². The summed E-state index contributed by atoms with van der Waals surface area (Å²) < 4.78 is 0.940. The van der Waals surface area contributed by atoms with Crippen LogP contribution >= 0.6 is 15.9 Å². The number of carbonyl (C=O) groups is 1. The molecule has 1 aromatic rings. The van der Waals surface area contributed by atoms with E-state index in [1.165, 1.54) is 0 Å². The Bertz CT molecular complexity index is 394. The third-order valence-corrected chi connectivity index (χ3v) is 3.52. The third kappa shape index (κ3) is 3.26. The van der Waals surface area contributed by atoms with Gasteiger partial charge in [-0.25, -0.2) is 0 Å². The van der Waals surface area contributed by atoms with E-state index in [1.807, 2.05) is 17.0 Å². The van der Waals surface area contributed by atoms with Crippen molar-refractivity contribution in [2.24, 2.45) is 0 Å². The highest BCUT2D eigenvalue weighted by Gasteiger charge is 2.28. The van der Waals surface area contributed by atoms with Crippen LogP contribution in [-0.2, 0) is 11.3 Å². The van der Waals surface area contributed by atoms with Gasteiger partial charge in [-0.2, -0.15) is 0 Å². The van der Waals surface area contributed by atoms with Crippen molar-refractivity contribution in [3.05, 3.63) is 28.5 Å². The SMILES string of the molecule is O=C(O)[C@H]1CCCCN1Cc1ccc(Br)cn1. The van der Waals surface area contributed by atoms with Gasteiger partial charge in [-0.1, -0.05) is 6.42 Å². The number of hydrogen-bond acceptors (Lipinski definition) is 3. The van der Waals surface area contributed by atoms with Crippen LogP contribution in [0.1, 0.15) is 25.0 Å². The highest BCUT2D eigenvalue weighted by atomic mass is 79.9. The highest BCUT2D eigenvalue weighted by molar-refractivity contribution is 9.10. The Morgan fingerprint density at radius 3 is 3.00 bits per heavy atom. The normalized spacial score (nSPS) is 21.4. The number of piperidine rings is 1. The first-order chi connectivity index (χ1) is 8.16. The molecule has 0 saturated carbocycles. The van der Waals surface area contributed by atoms with Crippen LogP contribution in [0.25, 0.3) is 0 Å². The maximum absolute atomic E-state index is 11.1. The molecule has 1 aliphatic rings. The minimum Gasteiger partial charge on any atom is -0.480 e. The molecule has 0 aromatic carbocycles. The molecule has 0 bridgehead atoms. The summed E-state index contributed by atoms with van der Waals surface area (Å²) in [5.41, 5.74) is 0.918. The Morgan fingerprint density at radius 1 is 1.53 bits per heavy atom. The van der Waals surface area contributed by atoms with Crippen LogP contribution in [0.4, 0.5) is 0 Å². The van der Waals surface area contributed by atoms with Crippen LogP contribution in [0.15, 0.2) is 22.8 Å². The van der Waals surface area contributed by atoms with Gasteiger partial charge in [0, 0.05) is 17.2 Å². The topological polar surface area (TPSA) is 53.4 Å². The van der Waals surface area contributed by atoms with Crippen LogP contribution in [0, 0.1) is 0 Å². The summed E-state index contributed by atoms with van der Waals surface area (Å²) >= 11 is 3.34. The first kappa shape index (κ1) is 12.5. The molecule has 92 valence electrons. The van der Waals surface area contributed by atoms with Crippen molar-refractivity contribution >= 4 is 21.9 Å². The number of halogens is 1. The van der Waals surface area contributed by atoms with Gasteiger partial charge in [-0.3, -0.25) is 14.7 Å². The first-order valence-corrected chi connectivity index (χ1v) is 6.53. The van der Waals surface area contributed by atoms with Gasteiger partial charge in [-0.05, 0) is 47.4 Å². The van der Waals surface area contributed by atoms with Crippen molar-refractivity contribution in [1.82, 2.24) is 9.88 Å². The predicted octanol–water partition coefficient (Wildman–Crippen LogP) is 2.28. The second-order valence-corrected chi connectivity index (χ2v) is 5.20. The molecule has 1 N–H and O–H groups in total. The Balaban J connectivity index is 2.05. The minimum absolute atomic E-state index is 0.353. The molecule has 0 aliphatic carbocycles. The molecule has 0 amide bonds. The van der Waals surface area contributed by atoms with Crippen LogP contribution < -0.4 is 0 Å². The van der Waals surface area contributed by atoms with E-state index in [4.69, 9.17) is 5.11 Å². The minimum atomic E-state index is -0.721. The lowest BCUT2D eigenvalue weighted by Gasteiger charge is -2.32. The summed E-state index contributed by atoms with van der Waals surface area (Å²) in [4.78, 5) is 17.4. The molecule has 2 heterocycles. The van der Waals surface area contributed by atoms with Crippen molar-refractivity contribution in [1.29, 1.82) is 0 Å². The van der Waals surface area contributed by atoms with Gasteiger partial charge in [-0.15, -0.1) is 0 Å². The molecule has 5 heteroatoms. The molecule has 0 unspecified atom stereocenters. The van der Waals surface area contributed by atoms with Crippen molar-refractivity contribution < 1.29 is 9.90 Å². The summed E-state index contributed by atoms with van der Waals surface area (Å²) in [6.45, 7) is 1.46. The van der Waals surface area contributed by atoms with Crippen molar-refractivity contribution in [3.8, 4) is 0 Å². The number of aliphatic carboxylic acids is 1. The fourth-order valence-electron chi connectivity index (χ4n) is 2.17. The van der Waals surface area contributed by atoms with Crippen molar-refractivity contribution in [3.63, 3.8) is 0 Å². The quantitative estimate of drug-likeness (QED) is 0.930. The third-order valence-electron chi connectivity index (χ3n) is 3.05. The Hall–Kier alpha value is -0.940. The Morgan fingerprint density at radius 2 is 2.35 bits per heavy atom. The highest BCUT2D eigenvalue weighted by Crippen LogP contribution is 2.19. The number of rotatable bonds is 3. The number of aromatic nitrogens is 1. The molecule has 1 aromatic heterocycles. The molecule has 1 fully saturated rings. The van der Waals surface area contributed by atoms with Crippen LogP contribution in [0.2, 0.25) is 0 Å². The van der Waals surface area contributed by atoms with Gasteiger partial charge in [0.1, 0.15) is 6.04 Å². The zero-order valence-electron chi connectivity index (χ0n) is 9.47. The number of hydrogen-bond donors (Lipinski definition) is 1. The average molecular weight is 299 g/mol. The van der Waals surface area contributed by atoms with E-state index >= 15 is 0 Å². The molecule has 17 heavy (non-hydrogen) atoms. The monoisotopic (exact) mass is 298 g/mol. The summed E-state index contributed by atoms with van der Waals surface area (Å²) in [5.74, 6) is -0.721. The summed E-state index contributed by atoms with van der Waals surface area (Å²) in [6.07, 6.45) is 4.56. The maximum Gasteiger partial charge on any atom is 0.320 e. The van der Waals surface area contributed by atoms with Crippen LogP contribution in [-0.4, -0.2) is 33.5 Å². The largest absolute Gasteiger partial charge is 0.480 e. The summed E-state index contributed by atoms with van der Waals surface area (Å²) in [7, 11) is 0. The number of carboxylic acid groups (broad SMARTS) is 1. The van der Waals surface area contributed by atoms with E-state index in [2.05, 4.69) is 20.9 Å². The van der Waals surface area contributed by atoms with Crippen LogP contribution in [0.3, 0.4) is 0 Å². The zero-order valence-corrected chi connectivity index (χ0v) is 11.1. The van der Waals surface area contributed by atoms with E-state index in [0.29, 0.717) is 6.54 Å². The summed E-state index contributed by atoms with van der Waals surface area (Å²) in [6, 6.07) is 3.51. The molecule has 1 atom stereocenters. The van der Waals surface area contributed by atoms with Gasteiger partial charge in [0.05, 0.1) is 5.69 Å². The molecule has 2 rings (SSSR count). The lowest BCUT2D eigenvalue weighted by atomic mass is 10.0. The molecular formula is C12H15BrN2O2. The van der Waals surface area contributed by atoms with E-state index < -0.39 is 5.97 Å². The van der Waals surface area contributed by atoms with E-state index in [0.717, 1.165) is 36.0 Å². The Labute approximate surface area is 109 Å². The van der Waals surface area contributed by atoms with E-state index in [1.54, 1.807) is 6.20 Å². The van der Waals surface area contributed by atoms with Gasteiger partial charge in [0.15, 0.2) is 0 Å². The number of pyridine rings is 1. The smallest absolute Gasteiger partial charge is 0.320 e. The molecule has 1 aliphatic heterocycles. The van der Waals surface area contributed by atoms with Crippen molar-refractivity contribution in [2.45, 2.75) is 31.8 Å². The predicted molar refractivity (Wildman–Crippen MR) is 67.6 cm³/mol. The zero-order chi connectivity index (χ0) is 12.3. The fraction of sp³-hybridized carbons (Fsp3) is 0.500. The average Bonchev–Trinajstić information content (AvgIpc) is 2.32. The number of carboxylic acids is 1.